The predicted molar refractivity (Wildman–Crippen MR) is 63.3 cm³/mol. The zero-order valence-electron chi connectivity index (χ0n) is 8.32. The van der Waals surface area contributed by atoms with E-state index in [9.17, 15) is 0 Å². The quantitative estimate of drug-likeness (QED) is 0.736. The van der Waals surface area contributed by atoms with Gasteiger partial charge in [-0.2, -0.15) is 0 Å². The normalized spacial score (nSPS) is 21.2. The molecule has 1 aliphatic heterocycles. The van der Waals surface area contributed by atoms with Crippen molar-refractivity contribution >= 4 is 23.5 Å². The van der Waals surface area contributed by atoms with Crippen molar-refractivity contribution in [3.05, 3.63) is 12.2 Å². The van der Waals surface area contributed by atoms with E-state index in [1.807, 2.05) is 6.08 Å². The zero-order valence-corrected chi connectivity index (χ0v) is 9.96. The van der Waals surface area contributed by atoms with Gasteiger partial charge in [0.25, 0.3) is 0 Å². The van der Waals surface area contributed by atoms with Crippen molar-refractivity contribution in [3.63, 3.8) is 0 Å². The maximum atomic E-state index is 8.73. The van der Waals surface area contributed by atoms with E-state index in [4.69, 9.17) is 5.11 Å². The molecule has 1 rings (SSSR count). The van der Waals surface area contributed by atoms with E-state index < -0.39 is 0 Å². The van der Waals surface area contributed by atoms with Gasteiger partial charge in [-0.3, -0.25) is 0 Å². The number of thioether (sulfide) groups is 2. The number of aliphatic hydroxyl groups excluding tert-OH is 1. The van der Waals surface area contributed by atoms with Crippen LogP contribution in [0.5, 0.6) is 0 Å². The Kier molecular flexibility index (Phi) is 4.70. The van der Waals surface area contributed by atoms with Crippen LogP contribution in [0.1, 0.15) is 20.3 Å². The van der Waals surface area contributed by atoms with Crippen molar-refractivity contribution in [2.24, 2.45) is 5.41 Å². The summed E-state index contributed by atoms with van der Waals surface area (Å²) in [6.07, 6.45) is 5.34. The Bertz CT molecular complexity index is 172. The summed E-state index contributed by atoms with van der Waals surface area (Å²) in [4.78, 5) is 0. The summed E-state index contributed by atoms with van der Waals surface area (Å²) in [5.74, 6) is 2.57. The molecule has 1 N–H and O–H groups in total. The van der Waals surface area contributed by atoms with Crippen molar-refractivity contribution in [2.75, 3.05) is 18.1 Å². The molecule has 0 saturated carbocycles. The minimum absolute atomic E-state index is 0.158. The van der Waals surface area contributed by atoms with E-state index in [1.165, 1.54) is 17.9 Å². The van der Waals surface area contributed by atoms with Crippen LogP contribution >= 0.6 is 23.5 Å². The molecule has 1 saturated heterocycles. The lowest BCUT2D eigenvalue weighted by molar-refractivity contribution is 0.340. The lowest BCUT2D eigenvalue weighted by Crippen LogP contribution is -2.24. The molecule has 76 valence electrons. The van der Waals surface area contributed by atoms with Crippen LogP contribution in [0.25, 0.3) is 0 Å². The van der Waals surface area contributed by atoms with Gasteiger partial charge in [-0.25, -0.2) is 0 Å². The maximum Gasteiger partial charge on any atom is 0.0612 e. The lowest BCUT2D eigenvalue weighted by atomic mass is 9.95. The first-order valence-corrected chi connectivity index (χ1v) is 6.78. The van der Waals surface area contributed by atoms with Gasteiger partial charge >= 0.3 is 0 Å². The van der Waals surface area contributed by atoms with Crippen LogP contribution in [0.15, 0.2) is 12.2 Å². The summed E-state index contributed by atoms with van der Waals surface area (Å²) in [6.45, 7) is 4.65. The van der Waals surface area contributed by atoms with Gasteiger partial charge in [-0.1, -0.05) is 26.0 Å². The molecule has 1 heterocycles. The molecule has 0 atom stereocenters. The molecule has 3 heteroatoms. The smallest absolute Gasteiger partial charge is 0.0612 e. The minimum Gasteiger partial charge on any atom is -0.392 e. The van der Waals surface area contributed by atoms with Crippen LogP contribution in [0.4, 0.5) is 0 Å². The van der Waals surface area contributed by atoms with Crippen LogP contribution in [-0.2, 0) is 0 Å². The van der Waals surface area contributed by atoms with Gasteiger partial charge in [0.2, 0.25) is 0 Å². The minimum atomic E-state index is 0.158. The molecule has 0 aromatic rings. The predicted octanol–water partition coefficient (Wildman–Crippen LogP) is 2.76. The summed E-state index contributed by atoms with van der Waals surface area (Å²) in [5.41, 5.74) is 0.207. The van der Waals surface area contributed by atoms with E-state index in [0.29, 0.717) is 4.58 Å². The van der Waals surface area contributed by atoms with Gasteiger partial charge in [0.1, 0.15) is 0 Å². The fourth-order valence-corrected chi connectivity index (χ4v) is 4.56. The summed E-state index contributed by atoms with van der Waals surface area (Å²) in [6, 6.07) is 0. The average Bonchev–Trinajstić information content (AvgIpc) is 2.16. The molecule has 1 fully saturated rings. The monoisotopic (exact) mass is 218 g/mol. The van der Waals surface area contributed by atoms with Crippen LogP contribution in [0.3, 0.4) is 0 Å². The second-order valence-corrected chi connectivity index (χ2v) is 6.56. The molecular weight excluding hydrogens is 200 g/mol. The Hall–Kier alpha value is 0.400. The molecule has 0 amide bonds. The largest absolute Gasteiger partial charge is 0.392 e. The van der Waals surface area contributed by atoms with Crippen LogP contribution in [-0.4, -0.2) is 27.8 Å². The summed E-state index contributed by atoms with van der Waals surface area (Å²) < 4.78 is 0.657. The van der Waals surface area contributed by atoms with E-state index in [0.717, 1.165) is 0 Å². The average molecular weight is 218 g/mol. The second-order valence-electron chi connectivity index (χ2n) is 3.83. The zero-order chi connectivity index (χ0) is 9.73. The SMILES string of the molecule is CC(C)(/C=C/CO)C1SCCCS1. The van der Waals surface area contributed by atoms with Crippen molar-refractivity contribution in [1.82, 2.24) is 0 Å². The van der Waals surface area contributed by atoms with Crippen molar-refractivity contribution in [1.29, 1.82) is 0 Å². The maximum absolute atomic E-state index is 8.73. The van der Waals surface area contributed by atoms with E-state index in [2.05, 4.69) is 43.4 Å². The standard InChI is InChI=1S/C10H18OS2/c1-10(2,5-3-6-11)9-12-7-4-8-13-9/h3,5,9,11H,4,6-8H2,1-2H3/b5-3+. The number of hydrogen-bond donors (Lipinski definition) is 1. The third kappa shape index (κ3) is 3.56. The Labute approximate surface area is 89.4 Å². The number of rotatable bonds is 3. The van der Waals surface area contributed by atoms with Gasteiger partial charge in [-0.05, 0) is 17.9 Å². The molecule has 0 aromatic carbocycles. The third-order valence-corrected chi connectivity index (χ3v) is 5.77. The van der Waals surface area contributed by atoms with Gasteiger partial charge in [0, 0.05) is 5.41 Å². The number of aliphatic hydroxyl groups is 1. The first-order valence-electron chi connectivity index (χ1n) is 4.68. The highest BCUT2D eigenvalue weighted by molar-refractivity contribution is 8.17. The molecule has 0 aliphatic carbocycles. The van der Waals surface area contributed by atoms with Crippen LogP contribution < -0.4 is 0 Å². The molecule has 0 spiro atoms. The first kappa shape index (κ1) is 11.5. The Balaban J connectivity index is 2.50. The number of hydrogen-bond acceptors (Lipinski definition) is 3. The highest BCUT2D eigenvalue weighted by atomic mass is 32.2. The Morgan fingerprint density at radius 2 is 2.00 bits per heavy atom. The second kappa shape index (κ2) is 5.32. The van der Waals surface area contributed by atoms with Crippen LogP contribution in [0, 0.1) is 5.41 Å². The molecule has 13 heavy (non-hydrogen) atoms. The van der Waals surface area contributed by atoms with Gasteiger partial charge in [-0.15, -0.1) is 23.5 Å². The highest BCUT2D eigenvalue weighted by Crippen LogP contribution is 2.43. The Morgan fingerprint density at radius 3 is 2.54 bits per heavy atom. The topological polar surface area (TPSA) is 20.2 Å². The Morgan fingerprint density at radius 1 is 1.38 bits per heavy atom. The first-order chi connectivity index (χ1) is 6.17. The summed E-state index contributed by atoms with van der Waals surface area (Å²) in [5, 5.41) is 8.73. The molecular formula is C10H18OS2. The molecule has 0 bridgehead atoms. The summed E-state index contributed by atoms with van der Waals surface area (Å²) >= 11 is 4.10. The molecule has 0 unspecified atom stereocenters. The van der Waals surface area contributed by atoms with Crippen molar-refractivity contribution in [2.45, 2.75) is 24.9 Å². The van der Waals surface area contributed by atoms with Crippen LogP contribution in [0.2, 0.25) is 0 Å². The molecule has 0 aromatic heterocycles. The van der Waals surface area contributed by atoms with Crippen molar-refractivity contribution in [3.8, 4) is 0 Å². The number of allylic oxidation sites excluding steroid dienone is 1. The van der Waals surface area contributed by atoms with Crippen molar-refractivity contribution < 1.29 is 5.11 Å². The third-order valence-electron chi connectivity index (χ3n) is 2.09. The molecule has 1 aliphatic rings. The molecule has 0 radical (unpaired) electrons. The fraction of sp³-hybridized carbons (Fsp3) is 0.800. The fourth-order valence-electron chi connectivity index (χ4n) is 1.35. The van der Waals surface area contributed by atoms with E-state index in [-0.39, 0.29) is 12.0 Å². The highest BCUT2D eigenvalue weighted by Gasteiger charge is 2.29. The van der Waals surface area contributed by atoms with Gasteiger partial charge in [0.05, 0.1) is 11.2 Å². The summed E-state index contributed by atoms with van der Waals surface area (Å²) in [7, 11) is 0. The van der Waals surface area contributed by atoms with Gasteiger partial charge < -0.3 is 5.11 Å². The van der Waals surface area contributed by atoms with E-state index in [1.54, 1.807) is 0 Å². The van der Waals surface area contributed by atoms with E-state index >= 15 is 0 Å². The van der Waals surface area contributed by atoms with Gasteiger partial charge in [0.15, 0.2) is 0 Å². The lowest BCUT2D eigenvalue weighted by Gasteiger charge is -2.33. The molecule has 1 nitrogen and oxygen atoms in total.